The number of rotatable bonds is 3. The molecule has 1 atom stereocenters. The lowest BCUT2D eigenvalue weighted by Crippen LogP contribution is -2.34. The van der Waals surface area contributed by atoms with Gasteiger partial charge in [-0.15, -0.1) is 0 Å². The molecule has 0 bridgehead atoms. The standard InChI is InChI=1S/C14H18N2OS/c17-14-13-4-2-1-3-11(13)9-16(14)8-7-15-6-5-12(18)10-15/h1-4,12,18H,5-10H2/t12-/m0/s1. The Labute approximate surface area is 113 Å². The van der Waals surface area contributed by atoms with E-state index in [0.717, 1.165) is 50.3 Å². The fourth-order valence-corrected chi connectivity index (χ4v) is 3.12. The molecule has 1 aromatic rings. The lowest BCUT2D eigenvalue weighted by molar-refractivity contribution is 0.0763. The quantitative estimate of drug-likeness (QED) is 0.837. The van der Waals surface area contributed by atoms with E-state index in [2.05, 4.69) is 17.5 Å². The summed E-state index contributed by atoms with van der Waals surface area (Å²) in [6.45, 7) is 4.74. The number of carbonyl (C=O) groups excluding carboxylic acids is 1. The summed E-state index contributed by atoms with van der Waals surface area (Å²) in [6, 6.07) is 7.91. The zero-order valence-electron chi connectivity index (χ0n) is 10.4. The summed E-state index contributed by atoms with van der Waals surface area (Å²) >= 11 is 4.49. The van der Waals surface area contributed by atoms with Crippen molar-refractivity contribution in [2.45, 2.75) is 18.2 Å². The van der Waals surface area contributed by atoms with Crippen molar-refractivity contribution in [1.82, 2.24) is 9.80 Å². The van der Waals surface area contributed by atoms with Crippen molar-refractivity contribution < 1.29 is 4.79 Å². The Bertz CT molecular complexity index is 463. The lowest BCUT2D eigenvalue weighted by atomic mass is 10.1. The maximum Gasteiger partial charge on any atom is 0.254 e. The first-order valence-electron chi connectivity index (χ1n) is 6.51. The number of benzene rings is 1. The second-order valence-electron chi connectivity index (χ2n) is 5.13. The van der Waals surface area contributed by atoms with Crippen LogP contribution >= 0.6 is 12.6 Å². The van der Waals surface area contributed by atoms with E-state index in [-0.39, 0.29) is 5.91 Å². The highest BCUT2D eigenvalue weighted by atomic mass is 32.1. The summed E-state index contributed by atoms with van der Waals surface area (Å²) < 4.78 is 0. The summed E-state index contributed by atoms with van der Waals surface area (Å²) in [7, 11) is 0. The van der Waals surface area contributed by atoms with Crippen LogP contribution < -0.4 is 0 Å². The predicted molar refractivity (Wildman–Crippen MR) is 75.0 cm³/mol. The number of likely N-dealkylation sites (tertiary alicyclic amines) is 1. The van der Waals surface area contributed by atoms with E-state index >= 15 is 0 Å². The number of hydrogen-bond donors (Lipinski definition) is 1. The first-order chi connectivity index (χ1) is 8.74. The van der Waals surface area contributed by atoms with Crippen LogP contribution in [0.15, 0.2) is 24.3 Å². The third kappa shape index (κ3) is 2.27. The van der Waals surface area contributed by atoms with Crippen LogP contribution in [0.2, 0.25) is 0 Å². The molecule has 0 N–H and O–H groups in total. The highest BCUT2D eigenvalue weighted by Crippen LogP contribution is 2.22. The van der Waals surface area contributed by atoms with E-state index in [1.54, 1.807) is 0 Å². The van der Waals surface area contributed by atoms with Crippen LogP contribution in [-0.2, 0) is 6.54 Å². The number of nitrogens with zero attached hydrogens (tertiary/aromatic N) is 2. The van der Waals surface area contributed by atoms with Crippen molar-refractivity contribution in [3.8, 4) is 0 Å². The predicted octanol–water partition coefficient (Wildman–Crippen LogP) is 1.65. The highest BCUT2D eigenvalue weighted by molar-refractivity contribution is 7.81. The zero-order chi connectivity index (χ0) is 12.5. The Balaban J connectivity index is 1.58. The summed E-state index contributed by atoms with van der Waals surface area (Å²) in [5.41, 5.74) is 2.04. The van der Waals surface area contributed by atoms with Gasteiger partial charge in [0.25, 0.3) is 5.91 Å². The highest BCUT2D eigenvalue weighted by Gasteiger charge is 2.27. The van der Waals surface area contributed by atoms with E-state index in [4.69, 9.17) is 0 Å². The van der Waals surface area contributed by atoms with Crippen molar-refractivity contribution >= 4 is 18.5 Å². The van der Waals surface area contributed by atoms with Gasteiger partial charge in [-0.3, -0.25) is 4.79 Å². The van der Waals surface area contributed by atoms with Crippen LogP contribution in [0, 0.1) is 0 Å². The van der Waals surface area contributed by atoms with Gasteiger partial charge in [0.2, 0.25) is 0 Å². The van der Waals surface area contributed by atoms with E-state index in [1.165, 1.54) is 0 Å². The summed E-state index contributed by atoms with van der Waals surface area (Å²) in [5.74, 6) is 0.187. The van der Waals surface area contributed by atoms with Gasteiger partial charge in [0.1, 0.15) is 0 Å². The molecule has 3 nitrogen and oxygen atoms in total. The van der Waals surface area contributed by atoms with Crippen LogP contribution in [-0.4, -0.2) is 47.1 Å². The smallest absolute Gasteiger partial charge is 0.254 e. The normalized spacial score (nSPS) is 23.7. The molecule has 0 radical (unpaired) electrons. The van der Waals surface area contributed by atoms with Gasteiger partial charge in [-0.2, -0.15) is 12.6 Å². The van der Waals surface area contributed by atoms with E-state index in [1.807, 2.05) is 29.2 Å². The van der Waals surface area contributed by atoms with Gasteiger partial charge in [-0.25, -0.2) is 0 Å². The second kappa shape index (κ2) is 4.94. The Kier molecular flexibility index (Phi) is 3.31. The minimum atomic E-state index is 0.187. The third-order valence-corrected chi connectivity index (χ3v) is 4.25. The summed E-state index contributed by atoms with van der Waals surface area (Å²) in [4.78, 5) is 16.5. The molecule has 0 aromatic heterocycles. The Hall–Kier alpha value is -1.00. The number of carbonyl (C=O) groups is 1. The van der Waals surface area contributed by atoms with E-state index < -0.39 is 0 Å². The molecule has 0 unspecified atom stereocenters. The van der Waals surface area contributed by atoms with Gasteiger partial charge >= 0.3 is 0 Å². The summed E-state index contributed by atoms with van der Waals surface area (Å²) in [6.07, 6.45) is 1.16. The maximum atomic E-state index is 12.2. The number of fused-ring (bicyclic) bond motifs is 1. The third-order valence-electron chi connectivity index (χ3n) is 3.83. The monoisotopic (exact) mass is 262 g/mol. The van der Waals surface area contributed by atoms with Crippen LogP contribution in [0.4, 0.5) is 0 Å². The van der Waals surface area contributed by atoms with Gasteiger partial charge in [0.15, 0.2) is 0 Å². The van der Waals surface area contributed by atoms with Crippen molar-refractivity contribution in [2.24, 2.45) is 0 Å². The van der Waals surface area contributed by atoms with Crippen LogP contribution in [0.3, 0.4) is 0 Å². The number of hydrogen-bond acceptors (Lipinski definition) is 3. The van der Waals surface area contributed by atoms with Crippen LogP contribution in [0.25, 0.3) is 0 Å². The Morgan fingerprint density at radius 2 is 2.11 bits per heavy atom. The lowest BCUT2D eigenvalue weighted by Gasteiger charge is -2.20. The van der Waals surface area contributed by atoms with Gasteiger partial charge in [0, 0.05) is 37.0 Å². The van der Waals surface area contributed by atoms with Crippen molar-refractivity contribution in [1.29, 1.82) is 0 Å². The first-order valence-corrected chi connectivity index (χ1v) is 7.03. The molecule has 2 heterocycles. The zero-order valence-corrected chi connectivity index (χ0v) is 11.3. The molecule has 96 valence electrons. The fraction of sp³-hybridized carbons (Fsp3) is 0.500. The van der Waals surface area contributed by atoms with Crippen molar-refractivity contribution in [3.05, 3.63) is 35.4 Å². The molecule has 2 aliphatic rings. The molecular formula is C14H18N2OS. The van der Waals surface area contributed by atoms with E-state index in [9.17, 15) is 4.79 Å². The van der Waals surface area contributed by atoms with Gasteiger partial charge in [-0.1, -0.05) is 18.2 Å². The Morgan fingerprint density at radius 1 is 1.28 bits per heavy atom. The minimum absolute atomic E-state index is 0.187. The number of thiol groups is 1. The van der Waals surface area contributed by atoms with Gasteiger partial charge in [0.05, 0.1) is 0 Å². The topological polar surface area (TPSA) is 23.6 Å². The summed E-state index contributed by atoms with van der Waals surface area (Å²) in [5, 5.41) is 0.511. The average molecular weight is 262 g/mol. The number of amides is 1. The molecule has 0 aliphatic carbocycles. The van der Waals surface area contributed by atoms with Crippen molar-refractivity contribution in [3.63, 3.8) is 0 Å². The van der Waals surface area contributed by atoms with Crippen LogP contribution in [0.1, 0.15) is 22.3 Å². The van der Waals surface area contributed by atoms with Crippen molar-refractivity contribution in [2.75, 3.05) is 26.2 Å². The molecule has 1 saturated heterocycles. The van der Waals surface area contributed by atoms with Gasteiger partial charge in [-0.05, 0) is 24.6 Å². The molecule has 4 heteroatoms. The molecule has 0 saturated carbocycles. The largest absolute Gasteiger partial charge is 0.333 e. The average Bonchev–Trinajstić information content (AvgIpc) is 2.92. The fourth-order valence-electron chi connectivity index (χ4n) is 2.77. The van der Waals surface area contributed by atoms with Gasteiger partial charge < -0.3 is 9.80 Å². The minimum Gasteiger partial charge on any atom is -0.333 e. The maximum absolute atomic E-state index is 12.2. The second-order valence-corrected chi connectivity index (χ2v) is 5.86. The molecule has 3 rings (SSSR count). The molecular weight excluding hydrogens is 244 g/mol. The SMILES string of the molecule is O=C1c2ccccc2CN1CCN1CC[C@H](S)C1. The molecule has 1 amide bonds. The molecule has 1 fully saturated rings. The van der Waals surface area contributed by atoms with Crippen LogP contribution in [0.5, 0.6) is 0 Å². The molecule has 18 heavy (non-hydrogen) atoms. The van der Waals surface area contributed by atoms with E-state index in [0.29, 0.717) is 5.25 Å². The molecule has 1 aromatic carbocycles. The molecule has 2 aliphatic heterocycles. The Morgan fingerprint density at radius 3 is 2.83 bits per heavy atom. The first kappa shape index (κ1) is 12.1. The molecule has 0 spiro atoms.